The van der Waals surface area contributed by atoms with Gasteiger partial charge in [0, 0.05) is 38.8 Å². The molecule has 3 aliphatic rings. The first-order valence-electron chi connectivity index (χ1n) is 8.49. The Balaban J connectivity index is 1.41. The minimum Gasteiger partial charge on any atom is -0.340 e. The first kappa shape index (κ1) is 15.1. The van der Waals surface area contributed by atoms with Crippen molar-refractivity contribution >= 4 is 5.91 Å². The van der Waals surface area contributed by atoms with Crippen LogP contribution in [0.25, 0.3) is 0 Å². The van der Waals surface area contributed by atoms with Gasteiger partial charge in [-0.15, -0.1) is 0 Å². The molecule has 2 atom stereocenters. The highest BCUT2D eigenvalue weighted by atomic mass is 19.1. The highest BCUT2D eigenvalue weighted by molar-refractivity contribution is 5.80. The van der Waals surface area contributed by atoms with Crippen LogP contribution in [0.4, 0.5) is 4.39 Å². The van der Waals surface area contributed by atoms with Crippen LogP contribution in [0.2, 0.25) is 0 Å². The van der Waals surface area contributed by atoms with Gasteiger partial charge in [-0.1, -0.05) is 12.1 Å². The van der Waals surface area contributed by atoms with Crippen molar-refractivity contribution in [3.63, 3.8) is 0 Å². The third kappa shape index (κ3) is 3.11. The van der Waals surface area contributed by atoms with Crippen LogP contribution >= 0.6 is 0 Å². The van der Waals surface area contributed by atoms with Crippen LogP contribution in [-0.4, -0.2) is 54.5 Å². The molecule has 4 rings (SSSR count). The fourth-order valence-corrected chi connectivity index (χ4v) is 3.69. The van der Waals surface area contributed by atoms with Crippen LogP contribution in [0.5, 0.6) is 0 Å². The van der Waals surface area contributed by atoms with Crippen LogP contribution in [0.3, 0.4) is 0 Å². The molecule has 6 heteroatoms. The van der Waals surface area contributed by atoms with Crippen molar-refractivity contribution in [2.75, 3.05) is 32.7 Å². The maximum absolute atomic E-state index is 13.1. The number of amides is 1. The van der Waals surface area contributed by atoms with E-state index in [0.717, 1.165) is 37.8 Å². The molecule has 1 aromatic carbocycles. The summed E-state index contributed by atoms with van der Waals surface area (Å²) in [7, 11) is 0. The van der Waals surface area contributed by atoms with Gasteiger partial charge in [0.05, 0.1) is 12.0 Å². The summed E-state index contributed by atoms with van der Waals surface area (Å²) in [6.45, 7) is 4.24. The summed E-state index contributed by atoms with van der Waals surface area (Å²) in [5.41, 5.74) is 7.21. The molecule has 2 saturated heterocycles. The topological polar surface area (TPSA) is 47.6 Å². The van der Waals surface area contributed by atoms with Gasteiger partial charge in [-0.25, -0.2) is 9.82 Å². The van der Waals surface area contributed by atoms with Crippen molar-refractivity contribution in [1.82, 2.24) is 20.7 Å². The van der Waals surface area contributed by atoms with E-state index < -0.39 is 0 Å². The molecule has 1 aliphatic carbocycles. The second-order valence-corrected chi connectivity index (χ2v) is 6.75. The van der Waals surface area contributed by atoms with Gasteiger partial charge in [0.1, 0.15) is 5.82 Å². The third-order valence-corrected chi connectivity index (χ3v) is 5.22. The van der Waals surface area contributed by atoms with E-state index in [1.54, 1.807) is 12.1 Å². The number of nitrogens with zero attached hydrogens (tertiary/aromatic N) is 2. The Morgan fingerprint density at radius 2 is 1.78 bits per heavy atom. The quantitative estimate of drug-likeness (QED) is 0.869. The Kier molecular flexibility index (Phi) is 4.05. The second kappa shape index (κ2) is 6.19. The summed E-state index contributed by atoms with van der Waals surface area (Å²) >= 11 is 0. The Bertz CT molecular complexity index is 566. The number of piperazine rings is 1. The molecule has 2 N–H and O–H groups in total. The number of benzene rings is 1. The van der Waals surface area contributed by atoms with E-state index >= 15 is 0 Å². The highest BCUT2D eigenvalue weighted by Gasteiger charge is 2.38. The maximum Gasteiger partial charge on any atom is 0.229 e. The zero-order chi connectivity index (χ0) is 15.8. The lowest BCUT2D eigenvalue weighted by Gasteiger charge is -2.36. The van der Waals surface area contributed by atoms with Crippen molar-refractivity contribution in [2.24, 2.45) is 5.92 Å². The number of hydrogen-bond donors (Lipinski definition) is 2. The minimum atomic E-state index is -0.251. The van der Waals surface area contributed by atoms with Gasteiger partial charge in [0.15, 0.2) is 0 Å². The zero-order valence-corrected chi connectivity index (χ0v) is 13.2. The van der Waals surface area contributed by atoms with Crippen LogP contribution in [0.15, 0.2) is 24.3 Å². The molecule has 2 unspecified atom stereocenters. The van der Waals surface area contributed by atoms with E-state index in [9.17, 15) is 9.18 Å². The molecular weight excluding hydrogens is 295 g/mol. The average molecular weight is 318 g/mol. The van der Waals surface area contributed by atoms with E-state index in [2.05, 4.69) is 15.8 Å². The van der Waals surface area contributed by atoms with Crippen LogP contribution in [0, 0.1) is 11.7 Å². The molecule has 1 aromatic rings. The van der Waals surface area contributed by atoms with E-state index in [-0.39, 0.29) is 23.7 Å². The van der Waals surface area contributed by atoms with Gasteiger partial charge in [-0.3, -0.25) is 15.1 Å². The molecule has 0 aromatic heterocycles. The van der Waals surface area contributed by atoms with Crippen molar-refractivity contribution in [3.05, 3.63) is 35.6 Å². The molecule has 124 valence electrons. The summed E-state index contributed by atoms with van der Waals surface area (Å²) in [5.74, 6) is -0.181. The lowest BCUT2D eigenvalue weighted by molar-refractivity contribution is -0.137. The second-order valence-electron chi connectivity index (χ2n) is 6.75. The van der Waals surface area contributed by atoms with Gasteiger partial charge >= 0.3 is 0 Å². The zero-order valence-electron chi connectivity index (χ0n) is 13.2. The summed E-state index contributed by atoms with van der Waals surface area (Å²) in [5, 5.41) is 0. The highest BCUT2D eigenvalue weighted by Crippen LogP contribution is 2.29. The van der Waals surface area contributed by atoms with Gasteiger partial charge in [-0.05, 0) is 30.5 Å². The van der Waals surface area contributed by atoms with Crippen molar-refractivity contribution in [2.45, 2.75) is 24.9 Å². The fraction of sp³-hybridized carbons (Fsp3) is 0.588. The van der Waals surface area contributed by atoms with Gasteiger partial charge < -0.3 is 4.90 Å². The summed E-state index contributed by atoms with van der Waals surface area (Å²) in [6.07, 6.45) is 2.63. The van der Waals surface area contributed by atoms with Crippen molar-refractivity contribution in [3.8, 4) is 0 Å². The fourth-order valence-electron chi connectivity index (χ4n) is 3.69. The summed E-state index contributed by atoms with van der Waals surface area (Å²) in [4.78, 5) is 17.4. The van der Waals surface area contributed by atoms with Crippen LogP contribution in [-0.2, 0) is 4.79 Å². The lowest BCUT2D eigenvalue weighted by Crippen LogP contribution is -2.51. The average Bonchev–Trinajstić information content (AvgIpc) is 3.32. The normalized spacial score (nSPS) is 29.0. The molecular formula is C17H23FN4O. The number of carbonyl (C=O) groups is 1. The van der Waals surface area contributed by atoms with E-state index in [0.29, 0.717) is 6.54 Å². The molecule has 2 heterocycles. The number of rotatable bonds is 3. The largest absolute Gasteiger partial charge is 0.340 e. The van der Waals surface area contributed by atoms with E-state index in [1.807, 2.05) is 4.90 Å². The van der Waals surface area contributed by atoms with Crippen molar-refractivity contribution in [1.29, 1.82) is 0 Å². The lowest BCUT2D eigenvalue weighted by atomic mass is 9.93. The Labute approximate surface area is 135 Å². The minimum absolute atomic E-state index is 0.0930. The molecule has 0 bridgehead atoms. The van der Waals surface area contributed by atoms with Crippen molar-refractivity contribution < 1.29 is 9.18 Å². The Morgan fingerprint density at radius 1 is 1.09 bits per heavy atom. The number of nitrogens with one attached hydrogen (secondary N) is 2. The van der Waals surface area contributed by atoms with Gasteiger partial charge in [0.25, 0.3) is 0 Å². The predicted octanol–water partition coefficient (Wildman–Crippen LogP) is 0.897. The van der Waals surface area contributed by atoms with E-state index in [4.69, 9.17) is 0 Å². The third-order valence-electron chi connectivity index (χ3n) is 5.22. The number of halogens is 1. The van der Waals surface area contributed by atoms with E-state index in [1.165, 1.54) is 25.0 Å². The molecule has 1 saturated carbocycles. The van der Waals surface area contributed by atoms with Gasteiger partial charge in [-0.2, -0.15) is 0 Å². The molecule has 2 aliphatic heterocycles. The standard InChI is InChI=1S/C17H23FN4O/c18-13-3-1-12(2-4-13)16-15(11-19-20-16)17(23)22-9-7-21(8-10-22)14-5-6-14/h1-4,14-16,19-20H,5-11H2. The molecule has 5 nitrogen and oxygen atoms in total. The predicted molar refractivity (Wildman–Crippen MR) is 84.9 cm³/mol. The number of carbonyl (C=O) groups excluding carboxylic acids is 1. The molecule has 1 amide bonds. The molecule has 0 spiro atoms. The van der Waals surface area contributed by atoms with Gasteiger partial charge in [0.2, 0.25) is 5.91 Å². The molecule has 23 heavy (non-hydrogen) atoms. The first-order valence-corrected chi connectivity index (χ1v) is 8.49. The monoisotopic (exact) mass is 318 g/mol. The Morgan fingerprint density at radius 3 is 2.43 bits per heavy atom. The molecule has 0 radical (unpaired) electrons. The SMILES string of the molecule is O=C(C1CNNC1c1ccc(F)cc1)N1CCN(C2CC2)CC1. The summed E-state index contributed by atoms with van der Waals surface area (Å²) < 4.78 is 13.1. The first-order chi connectivity index (χ1) is 11.2. The molecule has 3 fully saturated rings. The van der Waals surface area contributed by atoms with Crippen LogP contribution in [0.1, 0.15) is 24.4 Å². The number of hydrazine groups is 1. The smallest absolute Gasteiger partial charge is 0.229 e. The van der Waals surface area contributed by atoms with Crippen LogP contribution < -0.4 is 10.9 Å². The Hall–Kier alpha value is -1.50. The summed E-state index contributed by atoms with van der Waals surface area (Å²) in [6, 6.07) is 7.09. The number of hydrogen-bond acceptors (Lipinski definition) is 4. The maximum atomic E-state index is 13.1.